The van der Waals surface area contributed by atoms with Crippen molar-refractivity contribution < 1.29 is 20.1 Å². The number of aliphatic hydroxyl groups is 2. The van der Waals surface area contributed by atoms with Crippen LogP contribution in [0.25, 0.3) is 0 Å². The average Bonchev–Trinajstić information content (AvgIpc) is 2.90. The fourth-order valence-electron chi connectivity index (χ4n) is 5.82. The van der Waals surface area contributed by atoms with Gasteiger partial charge >= 0.3 is 5.97 Å². The number of hydrogen-bond donors (Lipinski definition) is 3. The van der Waals surface area contributed by atoms with Crippen molar-refractivity contribution in [3.05, 3.63) is 95.6 Å². The summed E-state index contributed by atoms with van der Waals surface area (Å²) in [5.41, 5.74) is -0.167. The molecule has 2 aliphatic rings. The molecule has 1 heterocycles. The number of likely N-dealkylation sites (tertiary alicyclic amines) is 1. The molecule has 2 aromatic carbocycles. The summed E-state index contributed by atoms with van der Waals surface area (Å²) in [6.45, 7) is 4.83. The lowest BCUT2D eigenvalue weighted by atomic mass is 9.70. The first kappa shape index (κ1) is 27.3. The second kappa shape index (κ2) is 11.3. The summed E-state index contributed by atoms with van der Waals surface area (Å²) in [4.78, 5) is 13.9. The molecule has 0 aromatic heterocycles. The number of benzene rings is 2. The Morgan fingerprint density at radius 2 is 1.59 bits per heavy atom. The van der Waals surface area contributed by atoms with E-state index in [4.69, 9.17) is 0 Å². The fraction of sp³-hybridized carbons (Fsp3) is 0.469. The van der Waals surface area contributed by atoms with Crippen molar-refractivity contribution in [2.45, 2.75) is 76.0 Å². The first-order valence-electron chi connectivity index (χ1n) is 13.6. The van der Waals surface area contributed by atoms with Crippen molar-refractivity contribution in [3.63, 3.8) is 0 Å². The van der Waals surface area contributed by atoms with Gasteiger partial charge in [0.15, 0.2) is 0 Å². The van der Waals surface area contributed by atoms with E-state index >= 15 is 0 Å². The summed E-state index contributed by atoms with van der Waals surface area (Å²) in [6.07, 6.45) is 11.4. The number of hydrogen-bond acceptors (Lipinski definition) is 4. The quantitative estimate of drug-likeness (QED) is 0.352. The number of carbonyl (C=O) groups is 1. The molecule has 1 aliphatic carbocycles. The van der Waals surface area contributed by atoms with Crippen LogP contribution < -0.4 is 0 Å². The summed E-state index contributed by atoms with van der Waals surface area (Å²) < 4.78 is 0. The van der Waals surface area contributed by atoms with Crippen LogP contribution in [0.1, 0.15) is 75.8 Å². The van der Waals surface area contributed by atoms with Gasteiger partial charge in [-0.2, -0.15) is 0 Å². The van der Waals surface area contributed by atoms with Crippen molar-refractivity contribution in [1.82, 2.24) is 4.90 Å². The third-order valence-electron chi connectivity index (χ3n) is 8.51. The van der Waals surface area contributed by atoms with Crippen LogP contribution in [0.2, 0.25) is 0 Å². The Bertz CT molecular complexity index is 1070. The Morgan fingerprint density at radius 3 is 2.14 bits per heavy atom. The zero-order chi connectivity index (χ0) is 26.5. The highest BCUT2D eigenvalue weighted by Crippen LogP contribution is 2.43. The Kier molecular flexibility index (Phi) is 8.37. The lowest BCUT2D eigenvalue weighted by Crippen LogP contribution is -2.56. The van der Waals surface area contributed by atoms with Crippen molar-refractivity contribution in [1.29, 1.82) is 0 Å². The number of piperidine rings is 1. The average molecular weight is 504 g/mol. The van der Waals surface area contributed by atoms with Crippen molar-refractivity contribution in [3.8, 4) is 0 Å². The van der Waals surface area contributed by atoms with Crippen LogP contribution in [-0.2, 0) is 4.79 Å². The maximum atomic E-state index is 12.3. The van der Waals surface area contributed by atoms with Gasteiger partial charge in [-0.1, -0.05) is 84.5 Å². The Balaban J connectivity index is 1.41. The SMILES string of the molecule is CC(C)(C(=O)O)C1(O)C=CC(CCCCN2CCCCC2(O)C(c2ccccc2)c2ccccc2)=CC1. The molecular formula is C32H41NO4. The molecule has 0 radical (unpaired) electrons. The molecule has 0 bridgehead atoms. The monoisotopic (exact) mass is 503 g/mol. The molecule has 0 saturated carbocycles. The molecule has 37 heavy (non-hydrogen) atoms. The molecule has 198 valence electrons. The van der Waals surface area contributed by atoms with Crippen molar-refractivity contribution in [2.75, 3.05) is 13.1 Å². The standard InChI is InChI=1S/C32H41NO4/c1-30(2,29(34)35)31(36)21-18-25(19-22-31)13-9-11-23-33-24-12-10-20-32(33,37)28(26-14-5-3-6-15-26)27-16-7-4-8-17-27/h3-8,14-19,21,28,36-37H,9-13,20,22-24H2,1-2H3,(H,34,35). The number of aliphatic carboxylic acids is 1. The Morgan fingerprint density at radius 1 is 0.973 bits per heavy atom. The van der Waals surface area contributed by atoms with Crippen molar-refractivity contribution in [2.24, 2.45) is 5.41 Å². The van der Waals surface area contributed by atoms with Crippen LogP contribution >= 0.6 is 0 Å². The van der Waals surface area contributed by atoms with E-state index in [-0.39, 0.29) is 5.92 Å². The van der Waals surface area contributed by atoms with E-state index in [9.17, 15) is 20.1 Å². The lowest BCUT2D eigenvalue weighted by Gasteiger charge is -2.48. The number of unbranched alkanes of at least 4 members (excludes halogenated alkanes) is 1. The zero-order valence-corrected chi connectivity index (χ0v) is 22.1. The predicted molar refractivity (Wildman–Crippen MR) is 147 cm³/mol. The van der Waals surface area contributed by atoms with Gasteiger partial charge in [0.1, 0.15) is 11.3 Å². The van der Waals surface area contributed by atoms with Gasteiger partial charge in [-0.25, -0.2) is 0 Å². The van der Waals surface area contributed by atoms with Crippen LogP contribution in [0, 0.1) is 5.41 Å². The van der Waals surface area contributed by atoms with Gasteiger partial charge in [-0.05, 0) is 69.9 Å². The highest BCUT2D eigenvalue weighted by atomic mass is 16.4. The normalized spacial score (nSPS) is 24.7. The Hall–Kier alpha value is -2.73. The van der Waals surface area contributed by atoms with Gasteiger partial charge in [0.2, 0.25) is 0 Å². The van der Waals surface area contributed by atoms with Crippen LogP contribution in [0.15, 0.2) is 84.5 Å². The number of allylic oxidation sites excluding steroid dienone is 2. The Labute approximate surface area is 221 Å². The van der Waals surface area contributed by atoms with Gasteiger partial charge in [-0.15, -0.1) is 0 Å². The predicted octanol–water partition coefficient (Wildman–Crippen LogP) is 5.89. The second-order valence-corrected chi connectivity index (χ2v) is 11.2. The summed E-state index contributed by atoms with van der Waals surface area (Å²) >= 11 is 0. The van der Waals surface area contributed by atoms with E-state index in [1.807, 2.05) is 48.6 Å². The van der Waals surface area contributed by atoms with E-state index in [0.717, 1.165) is 68.3 Å². The summed E-state index contributed by atoms with van der Waals surface area (Å²) in [5.74, 6) is -1.12. The molecular weight excluding hydrogens is 462 g/mol. The molecule has 4 rings (SSSR count). The van der Waals surface area contributed by atoms with Gasteiger partial charge in [0.25, 0.3) is 0 Å². The van der Waals surface area contributed by atoms with Crippen LogP contribution in [0.4, 0.5) is 0 Å². The molecule has 2 atom stereocenters. The van der Waals surface area contributed by atoms with E-state index in [1.165, 1.54) is 0 Å². The second-order valence-electron chi connectivity index (χ2n) is 11.2. The maximum Gasteiger partial charge on any atom is 0.312 e. The molecule has 3 N–H and O–H groups in total. The number of rotatable bonds is 10. The number of carboxylic acid groups (broad SMARTS) is 1. The largest absolute Gasteiger partial charge is 0.481 e. The first-order chi connectivity index (χ1) is 17.7. The minimum absolute atomic E-state index is 0.116. The van der Waals surface area contributed by atoms with Gasteiger partial charge in [0.05, 0.1) is 11.3 Å². The summed E-state index contributed by atoms with van der Waals surface area (Å²) in [7, 11) is 0. The molecule has 5 heteroatoms. The zero-order valence-electron chi connectivity index (χ0n) is 22.1. The fourth-order valence-corrected chi connectivity index (χ4v) is 5.82. The topological polar surface area (TPSA) is 81.0 Å². The van der Waals surface area contributed by atoms with Gasteiger partial charge in [-0.3, -0.25) is 9.69 Å². The van der Waals surface area contributed by atoms with E-state index in [2.05, 4.69) is 29.2 Å². The summed E-state index contributed by atoms with van der Waals surface area (Å²) in [5, 5.41) is 32.6. The third-order valence-corrected chi connectivity index (χ3v) is 8.51. The first-order valence-corrected chi connectivity index (χ1v) is 13.6. The number of nitrogens with zero attached hydrogens (tertiary/aromatic N) is 1. The molecule has 0 amide bonds. The van der Waals surface area contributed by atoms with Gasteiger partial charge < -0.3 is 15.3 Å². The van der Waals surface area contributed by atoms with E-state index in [1.54, 1.807) is 19.9 Å². The molecule has 1 aliphatic heterocycles. The summed E-state index contributed by atoms with van der Waals surface area (Å²) in [6, 6.07) is 20.7. The van der Waals surface area contributed by atoms with Crippen LogP contribution in [-0.4, -0.2) is 50.6 Å². The van der Waals surface area contributed by atoms with Gasteiger partial charge in [0, 0.05) is 13.1 Å². The van der Waals surface area contributed by atoms with E-state index in [0.29, 0.717) is 6.42 Å². The highest BCUT2D eigenvalue weighted by molar-refractivity contribution is 5.76. The third kappa shape index (κ3) is 5.74. The smallest absolute Gasteiger partial charge is 0.312 e. The molecule has 2 aromatic rings. The molecule has 2 unspecified atom stereocenters. The van der Waals surface area contributed by atoms with E-state index < -0.39 is 22.7 Å². The van der Waals surface area contributed by atoms with Crippen LogP contribution in [0.5, 0.6) is 0 Å². The number of carboxylic acids is 1. The van der Waals surface area contributed by atoms with Crippen LogP contribution in [0.3, 0.4) is 0 Å². The molecule has 5 nitrogen and oxygen atoms in total. The minimum Gasteiger partial charge on any atom is -0.481 e. The molecule has 0 spiro atoms. The molecule has 1 saturated heterocycles. The lowest BCUT2D eigenvalue weighted by molar-refractivity contribution is -0.159. The highest BCUT2D eigenvalue weighted by Gasteiger charge is 2.47. The van der Waals surface area contributed by atoms with Crippen molar-refractivity contribution >= 4 is 5.97 Å². The minimum atomic E-state index is -1.38. The molecule has 1 fully saturated rings. The maximum absolute atomic E-state index is 12.3.